The molecule has 0 aliphatic carbocycles. The van der Waals surface area contributed by atoms with Crippen molar-refractivity contribution in [1.82, 2.24) is 10.1 Å². The second kappa shape index (κ2) is 5.70. The minimum Gasteiger partial charge on any atom is -0.497 e. The van der Waals surface area contributed by atoms with E-state index < -0.39 is 9.84 Å². The molecule has 114 valence electrons. The van der Waals surface area contributed by atoms with Crippen molar-refractivity contribution >= 4 is 9.84 Å². The predicted octanol–water partition coefficient (Wildman–Crippen LogP) is 0.616. The van der Waals surface area contributed by atoms with E-state index in [0.29, 0.717) is 11.3 Å². The van der Waals surface area contributed by atoms with Gasteiger partial charge in [-0.25, -0.2) is 8.42 Å². The number of rotatable bonds is 5. The van der Waals surface area contributed by atoms with Gasteiger partial charge < -0.3 is 19.7 Å². The van der Waals surface area contributed by atoms with Crippen molar-refractivity contribution in [2.45, 2.75) is 11.4 Å². The molecule has 0 bridgehead atoms. The van der Waals surface area contributed by atoms with E-state index in [2.05, 4.69) is 10.1 Å². The van der Waals surface area contributed by atoms with Crippen LogP contribution in [0.2, 0.25) is 0 Å². The number of nitrogens with zero attached hydrogens (tertiary/aromatic N) is 2. The molecule has 0 radical (unpaired) electrons. The summed E-state index contributed by atoms with van der Waals surface area (Å²) < 4.78 is 39.1. The highest BCUT2D eigenvalue weighted by Gasteiger charge is 2.23. The van der Waals surface area contributed by atoms with Crippen LogP contribution in [-0.4, -0.2) is 39.0 Å². The molecule has 0 unspecified atom stereocenters. The van der Waals surface area contributed by atoms with Gasteiger partial charge in [-0.15, -0.1) is 0 Å². The summed E-state index contributed by atoms with van der Waals surface area (Å²) in [6.07, 6.45) is 1.08. The molecule has 8 nitrogen and oxygen atoms in total. The molecule has 0 saturated heterocycles. The predicted molar refractivity (Wildman–Crippen MR) is 73.8 cm³/mol. The first-order chi connectivity index (χ1) is 9.90. The Bertz CT molecular complexity index is 754. The standard InChI is InChI=1S/C12H15N3O5S/c1-18-7-4-8(12-14-10(6-13)20-15-12)11(19-2)9(5-7)21(3,16)17/h4-5H,6,13H2,1-3H3. The van der Waals surface area contributed by atoms with E-state index in [9.17, 15) is 8.42 Å². The molecule has 0 fully saturated rings. The number of nitrogens with two attached hydrogens (primary N) is 1. The largest absolute Gasteiger partial charge is 0.497 e. The molecule has 0 spiro atoms. The summed E-state index contributed by atoms with van der Waals surface area (Å²) in [7, 11) is -0.729. The van der Waals surface area contributed by atoms with Gasteiger partial charge in [-0.2, -0.15) is 4.98 Å². The Kier molecular flexibility index (Phi) is 4.14. The SMILES string of the molecule is COc1cc(-c2noc(CN)n2)c(OC)c(S(C)(=O)=O)c1. The smallest absolute Gasteiger partial charge is 0.240 e. The Balaban J connectivity index is 2.74. The highest BCUT2D eigenvalue weighted by Crippen LogP contribution is 2.38. The summed E-state index contributed by atoms with van der Waals surface area (Å²) in [5.41, 5.74) is 5.77. The first-order valence-corrected chi connectivity index (χ1v) is 7.79. The third kappa shape index (κ3) is 2.98. The monoisotopic (exact) mass is 313 g/mol. The lowest BCUT2D eigenvalue weighted by atomic mass is 10.1. The van der Waals surface area contributed by atoms with Gasteiger partial charge in [0, 0.05) is 12.3 Å². The molecule has 9 heteroatoms. The van der Waals surface area contributed by atoms with Crippen molar-refractivity contribution in [1.29, 1.82) is 0 Å². The summed E-state index contributed by atoms with van der Waals surface area (Å²) in [5, 5.41) is 3.77. The van der Waals surface area contributed by atoms with Crippen LogP contribution in [0.1, 0.15) is 5.89 Å². The van der Waals surface area contributed by atoms with Gasteiger partial charge in [-0.05, 0) is 6.07 Å². The van der Waals surface area contributed by atoms with Crippen LogP contribution < -0.4 is 15.2 Å². The van der Waals surface area contributed by atoms with Crippen LogP contribution in [0, 0.1) is 0 Å². The van der Waals surface area contributed by atoms with Gasteiger partial charge in [0.2, 0.25) is 11.7 Å². The van der Waals surface area contributed by atoms with Crippen LogP contribution in [0.4, 0.5) is 0 Å². The van der Waals surface area contributed by atoms with Gasteiger partial charge in [-0.1, -0.05) is 5.16 Å². The summed E-state index contributed by atoms with van der Waals surface area (Å²) in [6.45, 7) is 0.0816. The van der Waals surface area contributed by atoms with Gasteiger partial charge in [-0.3, -0.25) is 0 Å². The summed E-state index contributed by atoms with van der Waals surface area (Å²) in [4.78, 5) is 4.06. The zero-order valence-electron chi connectivity index (χ0n) is 11.8. The number of hydrogen-bond acceptors (Lipinski definition) is 8. The van der Waals surface area contributed by atoms with E-state index in [1.165, 1.54) is 20.3 Å². The fourth-order valence-electron chi connectivity index (χ4n) is 1.79. The molecule has 2 rings (SSSR count). The zero-order chi connectivity index (χ0) is 15.6. The van der Waals surface area contributed by atoms with Crippen molar-refractivity contribution < 1.29 is 22.4 Å². The Labute approximate surface area is 121 Å². The number of aromatic nitrogens is 2. The molecule has 2 N–H and O–H groups in total. The Morgan fingerprint density at radius 3 is 2.48 bits per heavy atom. The van der Waals surface area contributed by atoms with Crippen molar-refractivity contribution in [3.63, 3.8) is 0 Å². The lowest BCUT2D eigenvalue weighted by Gasteiger charge is -2.12. The average Bonchev–Trinajstić information content (AvgIpc) is 2.93. The highest BCUT2D eigenvalue weighted by molar-refractivity contribution is 7.90. The Hall–Kier alpha value is -2.13. The Morgan fingerprint density at radius 1 is 1.29 bits per heavy atom. The second-order valence-corrected chi connectivity index (χ2v) is 6.18. The van der Waals surface area contributed by atoms with Gasteiger partial charge in [0.1, 0.15) is 16.4 Å². The molecule has 0 aliphatic rings. The maximum Gasteiger partial charge on any atom is 0.240 e. The van der Waals surface area contributed by atoms with Gasteiger partial charge in [0.15, 0.2) is 9.84 Å². The van der Waals surface area contributed by atoms with Crippen LogP contribution in [0.25, 0.3) is 11.4 Å². The van der Waals surface area contributed by atoms with Crippen LogP contribution in [0.5, 0.6) is 11.5 Å². The number of sulfone groups is 1. The first kappa shape index (κ1) is 15.3. The third-order valence-corrected chi connectivity index (χ3v) is 3.85. The second-order valence-electron chi connectivity index (χ2n) is 4.19. The maximum absolute atomic E-state index is 11.9. The minimum atomic E-state index is -3.52. The number of methoxy groups -OCH3 is 2. The van der Waals surface area contributed by atoms with E-state index in [1.807, 2.05) is 0 Å². The number of hydrogen-bond donors (Lipinski definition) is 1. The van der Waals surface area contributed by atoms with E-state index >= 15 is 0 Å². The highest BCUT2D eigenvalue weighted by atomic mass is 32.2. The lowest BCUT2D eigenvalue weighted by molar-refractivity contribution is 0.378. The summed E-state index contributed by atoms with van der Waals surface area (Å²) in [5.74, 6) is 0.875. The molecule has 0 aliphatic heterocycles. The summed E-state index contributed by atoms with van der Waals surface area (Å²) in [6, 6.07) is 2.94. The van der Waals surface area contributed by atoms with Crippen molar-refractivity contribution in [3.05, 3.63) is 18.0 Å². The van der Waals surface area contributed by atoms with E-state index in [-0.39, 0.29) is 28.9 Å². The quantitative estimate of drug-likeness (QED) is 0.853. The topological polar surface area (TPSA) is 118 Å². The molecule has 21 heavy (non-hydrogen) atoms. The average molecular weight is 313 g/mol. The van der Waals surface area contributed by atoms with E-state index in [1.54, 1.807) is 6.07 Å². The molecule has 0 amide bonds. The van der Waals surface area contributed by atoms with Crippen LogP contribution in [-0.2, 0) is 16.4 Å². The van der Waals surface area contributed by atoms with Gasteiger partial charge in [0.05, 0.1) is 26.3 Å². The molecule has 0 saturated carbocycles. The van der Waals surface area contributed by atoms with Crippen LogP contribution in [0.3, 0.4) is 0 Å². The molecule has 1 aromatic heterocycles. The van der Waals surface area contributed by atoms with Crippen LogP contribution >= 0.6 is 0 Å². The minimum absolute atomic E-state index is 0.0153. The summed E-state index contributed by atoms with van der Waals surface area (Å²) >= 11 is 0. The van der Waals surface area contributed by atoms with Crippen molar-refractivity contribution in [2.75, 3.05) is 20.5 Å². The van der Waals surface area contributed by atoms with Gasteiger partial charge >= 0.3 is 0 Å². The molecule has 2 aromatic rings. The molecule has 1 heterocycles. The molecule has 0 atom stereocenters. The Morgan fingerprint density at radius 2 is 2.00 bits per heavy atom. The number of ether oxygens (including phenoxy) is 2. The third-order valence-electron chi connectivity index (χ3n) is 2.75. The molecular weight excluding hydrogens is 298 g/mol. The molecular formula is C12H15N3O5S. The van der Waals surface area contributed by atoms with Crippen molar-refractivity contribution in [2.24, 2.45) is 5.73 Å². The fraction of sp³-hybridized carbons (Fsp3) is 0.333. The van der Waals surface area contributed by atoms with E-state index in [0.717, 1.165) is 6.26 Å². The maximum atomic E-state index is 11.9. The van der Waals surface area contributed by atoms with Gasteiger partial charge in [0.25, 0.3) is 0 Å². The van der Waals surface area contributed by atoms with Crippen molar-refractivity contribution in [3.8, 4) is 22.9 Å². The normalized spacial score (nSPS) is 11.4. The number of benzene rings is 1. The van der Waals surface area contributed by atoms with E-state index in [4.69, 9.17) is 19.7 Å². The first-order valence-electron chi connectivity index (χ1n) is 5.89. The van der Waals surface area contributed by atoms with Crippen LogP contribution in [0.15, 0.2) is 21.6 Å². The lowest BCUT2D eigenvalue weighted by Crippen LogP contribution is -2.04. The molecule has 1 aromatic carbocycles. The fourth-order valence-corrected chi connectivity index (χ4v) is 2.65. The zero-order valence-corrected chi connectivity index (χ0v) is 12.6.